The highest BCUT2D eigenvalue weighted by molar-refractivity contribution is 5.94. The average molecular weight is 522 g/mol. The van der Waals surface area contributed by atoms with Gasteiger partial charge in [0.25, 0.3) is 0 Å². The predicted molar refractivity (Wildman–Crippen MR) is 138 cm³/mol. The second-order valence-corrected chi connectivity index (χ2v) is 11.9. The van der Waals surface area contributed by atoms with Crippen LogP contribution in [-0.2, 0) is 11.2 Å². The van der Waals surface area contributed by atoms with Gasteiger partial charge in [-0.25, -0.2) is 23.5 Å². The van der Waals surface area contributed by atoms with Crippen LogP contribution in [0.1, 0.15) is 74.0 Å². The molecule has 3 fully saturated rings. The van der Waals surface area contributed by atoms with Crippen LogP contribution in [-0.4, -0.2) is 49.5 Å². The minimum absolute atomic E-state index is 0.0476. The summed E-state index contributed by atoms with van der Waals surface area (Å²) >= 11 is 0. The summed E-state index contributed by atoms with van der Waals surface area (Å²) < 4.78 is 21.5. The van der Waals surface area contributed by atoms with Crippen molar-refractivity contribution in [1.82, 2.24) is 19.9 Å². The summed E-state index contributed by atoms with van der Waals surface area (Å²) in [7, 11) is 0. The van der Waals surface area contributed by atoms with Crippen molar-refractivity contribution in [2.75, 3.05) is 11.4 Å². The number of benzene rings is 1. The molecule has 2 N–H and O–H groups in total. The number of carboxylic acids is 1. The number of aromatic carboxylic acids is 1. The van der Waals surface area contributed by atoms with Crippen LogP contribution in [0.4, 0.5) is 15.0 Å². The molecule has 3 heterocycles. The van der Waals surface area contributed by atoms with E-state index in [1.165, 1.54) is 16.8 Å². The zero-order valence-corrected chi connectivity index (χ0v) is 21.8. The summed E-state index contributed by atoms with van der Waals surface area (Å²) in [5.74, 6) is 0.201. The number of aryl methyl sites for hydroxylation is 1. The van der Waals surface area contributed by atoms with Crippen LogP contribution >= 0.6 is 0 Å². The first-order valence-electron chi connectivity index (χ1n) is 13.2. The largest absolute Gasteiger partial charge is 0.477 e. The predicted octanol–water partition coefficient (Wildman–Crippen LogP) is 4.75. The summed E-state index contributed by atoms with van der Waals surface area (Å²) in [6, 6.07) is 6.78. The highest BCUT2D eigenvalue weighted by Crippen LogP contribution is 2.58. The SMILES string of the molecule is CC(C)(C)OC(=O)NC1(CCc2ccc(F)cc2C2C3CC3CN2c2ccn3ncc(C(=O)O)c3n2)CC1. The number of rotatable bonds is 7. The van der Waals surface area contributed by atoms with E-state index in [1.54, 1.807) is 12.3 Å². The maximum absolute atomic E-state index is 14.6. The van der Waals surface area contributed by atoms with Gasteiger partial charge in [-0.2, -0.15) is 5.10 Å². The first kappa shape index (κ1) is 24.6. The number of carbonyl (C=O) groups is 2. The lowest BCUT2D eigenvalue weighted by Crippen LogP contribution is -2.41. The lowest BCUT2D eigenvalue weighted by atomic mass is 9.92. The zero-order valence-electron chi connectivity index (χ0n) is 21.8. The van der Waals surface area contributed by atoms with E-state index in [9.17, 15) is 19.1 Å². The molecule has 10 heteroatoms. The lowest BCUT2D eigenvalue weighted by molar-refractivity contribution is 0.0493. The van der Waals surface area contributed by atoms with Crippen molar-refractivity contribution in [2.45, 2.75) is 70.1 Å². The second-order valence-electron chi connectivity index (χ2n) is 11.9. The number of ether oxygens (including phenoxy) is 1. The van der Waals surface area contributed by atoms with Crippen molar-refractivity contribution < 1.29 is 23.8 Å². The van der Waals surface area contributed by atoms with E-state index >= 15 is 0 Å². The van der Waals surface area contributed by atoms with Gasteiger partial charge in [0, 0.05) is 18.3 Å². The number of aromatic nitrogens is 3. The molecule has 38 heavy (non-hydrogen) atoms. The van der Waals surface area contributed by atoms with E-state index in [0.717, 1.165) is 43.4 Å². The van der Waals surface area contributed by atoms with E-state index < -0.39 is 17.7 Å². The van der Waals surface area contributed by atoms with Gasteiger partial charge >= 0.3 is 12.1 Å². The Bertz CT molecular complexity index is 1430. The van der Waals surface area contributed by atoms with Crippen LogP contribution < -0.4 is 10.2 Å². The van der Waals surface area contributed by atoms with Crippen molar-refractivity contribution in [3.63, 3.8) is 0 Å². The molecule has 9 nitrogen and oxygen atoms in total. The lowest BCUT2D eigenvalue weighted by Gasteiger charge is -2.31. The Morgan fingerprint density at radius 1 is 1.26 bits per heavy atom. The van der Waals surface area contributed by atoms with Gasteiger partial charge in [-0.3, -0.25) is 0 Å². The molecule has 0 bridgehead atoms. The van der Waals surface area contributed by atoms with Crippen molar-refractivity contribution in [1.29, 1.82) is 0 Å². The molecule has 1 saturated heterocycles. The number of hydrogen-bond acceptors (Lipinski definition) is 6. The Hall–Kier alpha value is -3.69. The molecule has 1 aliphatic heterocycles. The third-order valence-electron chi connectivity index (χ3n) is 7.95. The molecule has 3 aliphatic rings. The molecule has 3 unspecified atom stereocenters. The van der Waals surface area contributed by atoms with Gasteiger partial charge in [0.2, 0.25) is 0 Å². The molecule has 2 saturated carbocycles. The fourth-order valence-electron chi connectivity index (χ4n) is 5.82. The highest BCUT2D eigenvalue weighted by Gasteiger charge is 2.54. The van der Waals surface area contributed by atoms with Gasteiger partial charge in [-0.05, 0) is 94.0 Å². The number of piperidine rings is 1. The number of halogens is 1. The van der Waals surface area contributed by atoms with Crippen LogP contribution in [0.2, 0.25) is 0 Å². The molecule has 1 aromatic carbocycles. The molecule has 3 atom stereocenters. The fourth-order valence-corrected chi connectivity index (χ4v) is 5.82. The summed E-state index contributed by atoms with van der Waals surface area (Å²) in [4.78, 5) is 30.9. The Labute approximate surface area is 220 Å². The van der Waals surface area contributed by atoms with Gasteiger partial charge in [-0.1, -0.05) is 6.07 Å². The quantitative estimate of drug-likeness (QED) is 0.462. The van der Waals surface area contributed by atoms with Crippen LogP contribution in [0.3, 0.4) is 0 Å². The van der Waals surface area contributed by atoms with E-state index in [0.29, 0.717) is 24.1 Å². The molecular weight excluding hydrogens is 489 g/mol. The van der Waals surface area contributed by atoms with Gasteiger partial charge < -0.3 is 20.1 Å². The summed E-state index contributed by atoms with van der Waals surface area (Å²) in [5, 5.41) is 16.7. The van der Waals surface area contributed by atoms with Crippen LogP contribution in [0.25, 0.3) is 5.65 Å². The molecule has 6 rings (SSSR count). The third kappa shape index (κ3) is 4.68. The minimum Gasteiger partial charge on any atom is -0.477 e. The molecule has 1 amide bonds. The van der Waals surface area contributed by atoms with Crippen LogP contribution in [0, 0.1) is 17.7 Å². The minimum atomic E-state index is -1.08. The molecular formula is C28H32FN5O4. The second kappa shape index (κ2) is 8.68. The molecule has 0 spiro atoms. The average Bonchev–Trinajstić information content (AvgIpc) is 3.69. The Kier molecular flexibility index (Phi) is 5.62. The monoisotopic (exact) mass is 521 g/mol. The molecule has 200 valence electrons. The van der Waals surface area contributed by atoms with E-state index in [2.05, 4.69) is 20.3 Å². The Morgan fingerprint density at radius 2 is 2.05 bits per heavy atom. The standard InChI is InChI=1S/C28H32FN5O4/c1-27(2,3)38-26(37)32-28(9-10-28)8-6-16-4-5-18(29)13-20(16)23-19-12-17(19)15-33(23)22-7-11-34-24(31-22)21(14-30-34)25(35)36/h4-5,7,11,13-14,17,19,23H,6,8-10,12,15H2,1-3H3,(H,32,37)(H,35,36). The third-order valence-corrected chi connectivity index (χ3v) is 7.95. The molecule has 2 aliphatic carbocycles. The fraction of sp³-hybridized carbons (Fsp3) is 0.500. The smallest absolute Gasteiger partial charge is 0.408 e. The summed E-state index contributed by atoms with van der Waals surface area (Å²) in [6.45, 7) is 6.32. The first-order chi connectivity index (χ1) is 18.0. The van der Waals surface area contributed by atoms with Crippen molar-refractivity contribution in [3.05, 3.63) is 59.2 Å². The van der Waals surface area contributed by atoms with Gasteiger partial charge in [0.15, 0.2) is 5.65 Å². The summed E-state index contributed by atoms with van der Waals surface area (Å²) in [6.07, 6.45) is 6.93. The number of hydrogen-bond donors (Lipinski definition) is 2. The number of fused-ring (bicyclic) bond motifs is 2. The number of nitrogens with zero attached hydrogens (tertiary/aromatic N) is 4. The van der Waals surface area contributed by atoms with E-state index in [-0.39, 0.29) is 28.6 Å². The molecule has 2 aromatic heterocycles. The Morgan fingerprint density at radius 3 is 2.76 bits per heavy atom. The van der Waals surface area contributed by atoms with E-state index in [1.807, 2.05) is 32.9 Å². The molecule has 3 aromatic rings. The number of carbonyl (C=O) groups excluding carboxylic acids is 1. The van der Waals surface area contributed by atoms with Gasteiger partial charge in [-0.15, -0.1) is 0 Å². The van der Waals surface area contributed by atoms with E-state index in [4.69, 9.17) is 4.74 Å². The summed E-state index contributed by atoms with van der Waals surface area (Å²) in [5.41, 5.74) is 1.49. The van der Waals surface area contributed by atoms with Crippen LogP contribution in [0.5, 0.6) is 0 Å². The molecule has 0 radical (unpaired) electrons. The maximum atomic E-state index is 14.6. The van der Waals surface area contributed by atoms with Gasteiger partial charge in [0.1, 0.15) is 22.8 Å². The number of alkyl carbamates (subject to hydrolysis) is 1. The zero-order chi connectivity index (χ0) is 26.8. The Balaban J connectivity index is 1.26. The van der Waals surface area contributed by atoms with Crippen LogP contribution in [0.15, 0.2) is 36.7 Å². The number of nitrogens with one attached hydrogen (secondary N) is 1. The van der Waals surface area contributed by atoms with Gasteiger partial charge in [0.05, 0.1) is 12.2 Å². The number of amides is 1. The first-order valence-corrected chi connectivity index (χ1v) is 13.2. The van der Waals surface area contributed by atoms with Crippen molar-refractivity contribution in [2.24, 2.45) is 11.8 Å². The maximum Gasteiger partial charge on any atom is 0.408 e. The number of anilines is 1. The topological polar surface area (TPSA) is 109 Å². The number of carboxylic acid groups (broad SMARTS) is 1. The highest BCUT2D eigenvalue weighted by atomic mass is 19.1. The van der Waals surface area contributed by atoms with Crippen molar-refractivity contribution in [3.8, 4) is 0 Å². The normalized spacial score (nSPS) is 23.3. The van der Waals surface area contributed by atoms with Crippen molar-refractivity contribution >= 4 is 23.5 Å².